The van der Waals surface area contributed by atoms with Crippen molar-refractivity contribution < 1.29 is 26.8 Å². The summed E-state index contributed by atoms with van der Waals surface area (Å²) in [5, 5.41) is 3.58. The van der Waals surface area contributed by atoms with Crippen LogP contribution in [0.3, 0.4) is 0 Å². The number of carbonyl (C=O) groups excluding carboxylic acids is 2. The molecule has 1 aromatic carbocycles. The van der Waals surface area contributed by atoms with Crippen molar-refractivity contribution in [1.82, 2.24) is 10.6 Å². The van der Waals surface area contributed by atoms with Crippen molar-refractivity contribution in [3.63, 3.8) is 0 Å². The number of sulfone groups is 1. The first-order valence-corrected chi connectivity index (χ1v) is 9.94. The van der Waals surface area contributed by atoms with Crippen LogP contribution in [0.4, 0.5) is 0 Å². The molecule has 3 rings (SSSR count). The molecule has 0 saturated carbocycles. The summed E-state index contributed by atoms with van der Waals surface area (Å²) in [5.74, 6) is -1.19. The molecule has 0 spiro atoms. The summed E-state index contributed by atoms with van der Waals surface area (Å²) < 4.78 is 36.3. The van der Waals surface area contributed by atoms with E-state index in [1.54, 1.807) is 36.4 Å². The van der Waals surface area contributed by atoms with Crippen molar-refractivity contribution in [2.45, 2.75) is 16.7 Å². The van der Waals surface area contributed by atoms with Crippen molar-refractivity contribution >= 4 is 21.7 Å². The maximum absolute atomic E-state index is 13.0. The molecule has 2 amide bonds. The van der Waals surface area contributed by atoms with Crippen molar-refractivity contribution in [1.29, 1.82) is 0 Å². The molecule has 8 nitrogen and oxygen atoms in total. The Kier molecular flexibility index (Phi) is 5.95. The molecule has 2 N–H and O–H groups in total. The highest BCUT2D eigenvalue weighted by atomic mass is 32.2. The zero-order valence-corrected chi connectivity index (χ0v) is 15.5. The van der Waals surface area contributed by atoms with Crippen LogP contribution in [0.2, 0.25) is 0 Å². The van der Waals surface area contributed by atoms with Crippen LogP contribution in [0.1, 0.15) is 16.8 Å². The third kappa shape index (κ3) is 4.49. The second-order valence-corrected chi connectivity index (χ2v) is 7.96. The Morgan fingerprint density at radius 2 is 1.54 bits per heavy atom. The quantitative estimate of drug-likeness (QED) is 0.582. The van der Waals surface area contributed by atoms with Crippen LogP contribution < -0.4 is 10.6 Å². The van der Waals surface area contributed by atoms with Gasteiger partial charge in [-0.25, -0.2) is 8.42 Å². The molecule has 1 atom stereocenters. The van der Waals surface area contributed by atoms with Gasteiger partial charge in [-0.1, -0.05) is 18.2 Å². The Morgan fingerprint density at radius 3 is 2.18 bits per heavy atom. The molecule has 3 aromatic rings. The second kappa shape index (κ2) is 8.57. The van der Waals surface area contributed by atoms with Gasteiger partial charge in [0.15, 0.2) is 9.84 Å². The second-order valence-electron chi connectivity index (χ2n) is 5.83. The molecule has 146 valence electrons. The van der Waals surface area contributed by atoms with Crippen LogP contribution in [0, 0.1) is 0 Å². The molecule has 0 unspecified atom stereocenters. The maximum Gasteiger partial charge on any atom is 0.309 e. The summed E-state index contributed by atoms with van der Waals surface area (Å²) in [6.07, 6.45) is 2.80. The molecule has 0 aliphatic rings. The minimum absolute atomic E-state index is 0.0448. The molecule has 0 aliphatic carbocycles. The first-order valence-electron chi connectivity index (χ1n) is 8.39. The van der Waals surface area contributed by atoms with Gasteiger partial charge in [-0.2, -0.15) is 0 Å². The third-order valence-corrected chi connectivity index (χ3v) is 6.04. The SMILES string of the molecule is O=C(NCc1ccco1)C(=O)NC[C@H](c1ccco1)S(=O)(=O)c1ccccc1. The van der Waals surface area contributed by atoms with Gasteiger partial charge >= 0.3 is 11.8 Å². The standard InChI is InChI=1S/C19H18N2O6S/c22-18(20-12-14-6-4-10-26-14)19(23)21-13-17(16-9-5-11-27-16)28(24,25)15-7-2-1-3-8-15/h1-11,17H,12-13H2,(H,20,22)(H,21,23)/t17-/m1/s1. The van der Waals surface area contributed by atoms with Gasteiger partial charge in [0.2, 0.25) is 0 Å². The minimum atomic E-state index is -3.85. The Labute approximate surface area is 161 Å². The predicted molar refractivity (Wildman–Crippen MR) is 98.6 cm³/mol. The van der Waals surface area contributed by atoms with Crippen LogP contribution in [-0.2, 0) is 26.0 Å². The molecule has 0 radical (unpaired) electrons. The van der Waals surface area contributed by atoms with E-state index in [9.17, 15) is 18.0 Å². The molecule has 0 bridgehead atoms. The van der Waals surface area contributed by atoms with E-state index in [-0.39, 0.29) is 23.7 Å². The molecule has 0 fully saturated rings. The Hall–Kier alpha value is -3.33. The maximum atomic E-state index is 13.0. The number of furan rings is 2. The summed E-state index contributed by atoms with van der Waals surface area (Å²) in [7, 11) is -3.85. The van der Waals surface area contributed by atoms with Gasteiger partial charge in [-0.3, -0.25) is 9.59 Å². The lowest BCUT2D eigenvalue weighted by molar-refractivity contribution is -0.139. The summed E-state index contributed by atoms with van der Waals surface area (Å²) in [6.45, 7) is -0.277. The topological polar surface area (TPSA) is 119 Å². The van der Waals surface area contributed by atoms with Crippen LogP contribution in [0.15, 0.2) is 80.9 Å². The first-order chi connectivity index (χ1) is 13.5. The lowest BCUT2D eigenvalue weighted by Gasteiger charge is -2.16. The van der Waals surface area contributed by atoms with Gasteiger partial charge in [-0.05, 0) is 36.4 Å². The predicted octanol–water partition coefficient (Wildman–Crippen LogP) is 1.82. The highest BCUT2D eigenvalue weighted by Crippen LogP contribution is 2.28. The summed E-state index contributed by atoms with van der Waals surface area (Å²) in [4.78, 5) is 24.1. The number of hydrogen-bond acceptors (Lipinski definition) is 6. The fraction of sp³-hybridized carbons (Fsp3) is 0.158. The average molecular weight is 402 g/mol. The highest BCUT2D eigenvalue weighted by molar-refractivity contribution is 7.91. The number of benzene rings is 1. The smallest absolute Gasteiger partial charge is 0.309 e. The molecule has 2 aromatic heterocycles. The number of hydrogen-bond donors (Lipinski definition) is 2. The van der Waals surface area contributed by atoms with E-state index < -0.39 is 26.9 Å². The van der Waals surface area contributed by atoms with E-state index >= 15 is 0 Å². The van der Waals surface area contributed by atoms with Crippen molar-refractivity contribution in [3.05, 3.63) is 78.6 Å². The van der Waals surface area contributed by atoms with E-state index in [0.29, 0.717) is 5.76 Å². The fourth-order valence-corrected chi connectivity index (χ4v) is 4.15. The highest BCUT2D eigenvalue weighted by Gasteiger charge is 2.32. The monoisotopic (exact) mass is 402 g/mol. The lowest BCUT2D eigenvalue weighted by Crippen LogP contribution is -2.42. The van der Waals surface area contributed by atoms with Gasteiger partial charge in [0.05, 0.1) is 24.0 Å². The van der Waals surface area contributed by atoms with Crippen LogP contribution >= 0.6 is 0 Å². The first kappa shape index (κ1) is 19.4. The molecular weight excluding hydrogens is 384 g/mol. The van der Waals surface area contributed by atoms with Crippen LogP contribution in [0.25, 0.3) is 0 Å². The number of nitrogens with one attached hydrogen (secondary N) is 2. The molecular formula is C19H18N2O6S. The molecule has 9 heteroatoms. The van der Waals surface area contributed by atoms with E-state index in [1.165, 1.54) is 30.7 Å². The normalized spacial score (nSPS) is 12.3. The Bertz CT molecular complexity index is 1010. The number of carbonyl (C=O) groups is 2. The summed E-state index contributed by atoms with van der Waals surface area (Å²) >= 11 is 0. The molecule has 0 aliphatic heterocycles. The zero-order valence-electron chi connectivity index (χ0n) is 14.7. The summed E-state index contributed by atoms with van der Waals surface area (Å²) in [5.41, 5.74) is 0. The summed E-state index contributed by atoms with van der Waals surface area (Å²) in [6, 6.07) is 14.2. The Balaban J connectivity index is 1.69. The molecule has 0 saturated heterocycles. The number of rotatable bonds is 7. The van der Waals surface area contributed by atoms with E-state index in [0.717, 1.165) is 0 Å². The van der Waals surface area contributed by atoms with E-state index in [4.69, 9.17) is 8.83 Å². The minimum Gasteiger partial charge on any atom is -0.468 e. The lowest BCUT2D eigenvalue weighted by atomic mass is 10.3. The zero-order chi connectivity index (χ0) is 20.0. The van der Waals surface area contributed by atoms with Crippen molar-refractivity contribution in [3.8, 4) is 0 Å². The molecule has 2 heterocycles. The van der Waals surface area contributed by atoms with Gasteiger partial charge < -0.3 is 19.5 Å². The van der Waals surface area contributed by atoms with E-state index in [1.807, 2.05) is 0 Å². The Morgan fingerprint density at radius 1 is 0.857 bits per heavy atom. The third-order valence-electron chi connectivity index (χ3n) is 3.96. The largest absolute Gasteiger partial charge is 0.468 e. The van der Waals surface area contributed by atoms with Gasteiger partial charge in [0, 0.05) is 6.54 Å². The van der Waals surface area contributed by atoms with Crippen LogP contribution in [0.5, 0.6) is 0 Å². The number of amides is 2. The van der Waals surface area contributed by atoms with Crippen molar-refractivity contribution in [2.75, 3.05) is 6.54 Å². The average Bonchev–Trinajstić information content (AvgIpc) is 3.41. The van der Waals surface area contributed by atoms with Gasteiger partial charge in [0.1, 0.15) is 16.8 Å². The van der Waals surface area contributed by atoms with E-state index in [2.05, 4.69) is 10.6 Å². The van der Waals surface area contributed by atoms with Gasteiger partial charge in [0.25, 0.3) is 0 Å². The van der Waals surface area contributed by atoms with Crippen LogP contribution in [-0.4, -0.2) is 26.8 Å². The fourth-order valence-electron chi connectivity index (χ4n) is 2.54. The van der Waals surface area contributed by atoms with Gasteiger partial charge in [-0.15, -0.1) is 0 Å². The molecule has 28 heavy (non-hydrogen) atoms. The van der Waals surface area contributed by atoms with Crippen molar-refractivity contribution in [2.24, 2.45) is 0 Å².